The minimum absolute atomic E-state index is 0.828. The fourth-order valence-corrected chi connectivity index (χ4v) is 2.52. The number of nitrogen functional groups attached to an aromatic ring is 2. The first kappa shape index (κ1) is 13.5. The van der Waals surface area contributed by atoms with E-state index in [0.29, 0.717) is 0 Å². The van der Waals surface area contributed by atoms with Gasteiger partial charge in [0.2, 0.25) is 0 Å². The first-order valence-corrected chi connectivity index (χ1v) is 6.88. The Morgan fingerprint density at radius 2 is 1.11 bits per heavy atom. The van der Waals surface area contributed by atoms with Crippen molar-refractivity contribution in [3.63, 3.8) is 0 Å². The van der Waals surface area contributed by atoms with Crippen LogP contribution in [0.5, 0.6) is 0 Å². The third-order valence-corrected chi connectivity index (χ3v) is 3.60. The van der Waals surface area contributed by atoms with E-state index in [9.17, 15) is 0 Å². The van der Waals surface area contributed by atoms with E-state index >= 15 is 0 Å². The molecule has 0 heterocycles. The van der Waals surface area contributed by atoms with Gasteiger partial charge in [0.25, 0.3) is 0 Å². The van der Waals surface area contributed by atoms with E-state index in [0.717, 1.165) is 30.6 Å². The number of aryl methyl sites for hydroxylation is 2. The average Bonchev–Trinajstić information content (AvgIpc) is 2.39. The van der Waals surface area contributed by atoms with Crippen LogP contribution in [-0.4, -0.2) is 0 Å². The van der Waals surface area contributed by atoms with Crippen molar-refractivity contribution in [2.45, 2.75) is 33.1 Å². The number of rotatable bonds is 4. The van der Waals surface area contributed by atoms with Crippen LogP contribution in [0.1, 0.15) is 36.1 Å². The van der Waals surface area contributed by atoms with Gasteiger partial charge in [0.15, 0.2) is 0 Å². The zero-order chi connectivity index (χ0) is 13.8. The third-order valence-electron chi connectivity index (χ3n) is 3.60. The summed E-state index contributed by atoms with van der Waals surface area (Å²) < 4.78 is 0. The van der Waals surface area contributed by atoms with E-state index in [1.807, 2.05) is 12.1 Å². The van der Waals surface area contributed by atoms with Gasteiger partial charge in [-0.25, -0.2) is 0 Å². The standard InChI is InChI=1S/C17H22N2/c1-3-12-5-7-16(18)10-14(12)9-15-11-17(19)8-6-13(15)4-2/h5-8,10-11H,3-4,9,18-19H2,1-2H3. The van der Waals surface area contributed by atoms with Gasteiger partial charge in [0.05, 0.1) is 0 Å². The molecule has 0 saturated heterocycles. The first-order valence-electron chi connectivity index (χ1n) is 6.88. The SMILES string of the molecule is CCc1ccc(N)cc1Cc1cc(N)ccc1CC. The predicted molar refractivity (Wildman–Crippen MR) is 83.3 cm³/mol. The summed E-state index contributed by atoms with van der Waals surface area (Å²) in [6.07, 6.45) is 2.96. The number of anilines is 2. The molecule has 2 heteroatoms. The molecule has 0 saturated carbocycles. The predicted octanol–water partition coefficient (Wildman–Crippen LogP) is 3.57. The molecule has 19 heavy (non-hydrogen) atoms. The highest BCUT2D eigenvalue weighted by Crippen LogP contribution is 2.22. The van der Waals surface area contributed by atoms with Crippen LogP contribution in [0.3, 0.4) is 0 Å². The van der Waals surface area contributed by atoms with Crippen molar-refractivity contribution in [3.05, 3.63) is 58.7 Å². The minimum atomic E-state index is 0.828. The topological polar surface area (TPSA) is 52.0 Å². The summed E-state index contributed by atoms with van der Waals surface area (Å²) in [6, 6.07) is 12.4. The Hall–Kier alpha value is -1.96. The molecule has 2 rings (SSSR count). The maximum absolute atomic E-state index is 5.91. The fourth-order valence-electron chi connectivity index (χ4n) is 2.52. The van der Waals surface area contributed by atoms with Crippen LogP contribution in [0.25, 0.3) is 0 Å². The molecule has 0 aliphatic rings. The molecule has 2 aromatic rings. The molecule has 2 nitrogen and oxygen atoms in total. The lowest BCUT2D eigenvalue weighted by Crippen LogP contribution is -2.01. The van der Waals surface area contributed by atoms with E-state index in [-0.39, 0.29) is 0 Å². The fraction of sp³-hybridized carbons (Fsp3) is 0.294. The minimum Gasteiger partial charge on any atom is -0.399 e. The highest BCUT2D eigenvalue weighted by atomic mass is 14.5. The monoisotopic (exact) mass is 254 g/mol. The molecule has 0 atom stereocenters. The van der Waals surface area contributed by atoms with Crippen LogP contribution in [0.4, 0.5) is 11.4 Å². The first-order chi connectivity index (χ1) is 9.13. The van der Waals surface area contributed by atoms with Crippen molar-refractivity contribution >= 4 is 11.4 Å². The molecular formula is C17H22N2. The lowest BCUT2D eigenvalue weighted by atomic mass is 9.94. The molecule has 0 bridgehead atoms. The molecule has 0 unspecified atom stereocenters. The van der Waals surface area contributed by atoms with Gasteiger partial charge < -0.3 is 11.5 Å². The molecule has 0 aromatic heterocycles. The summed E-state index contributed by atoms with van der Waals surface area (Å²) in [7, 11) is 0. The Bertz CT molecular complexity index is 522. The number of nitrogens with two attached hydrogens (primary N) is 2. The Morgan fingerprint density at radius 1 is 0.684 bits per heavy atom. The van der Waals surface area contributed by atoms with Gasteiger partial charge in [0.1, 0.15) is 0 Å². The van der Waals surface area contributed by atoms with Crippen molar-refractivity contribution in [2.24, 2.45) is 0 Å². The Labute approximate surface area is 115 Å². The van der Waals surface area contributed by atoms with Gasteiger partial charge in [-0.15, -0.1) is 0 Å². The summed E-state index contributed by atoms with van der Waals surface area (Å²) in [5.74, 6) is 0. The summed E-state index contributed by atoms with van der Waals surface area (Å²) in [4.78, 5) is 0. The number of hydrogen-bond donors (Lipinski definition) is 2. The Morgan fingerprint density at radius 3 is 1.47 bits per heavy atom. The molecule has 0 spiro atoms. The van der Waals surface area contributed by atoms with E-state index < -0.39 is 0 Å². The summed E-state index contributed by atoms with van der Waals surface area (Å²) in [6.45, 7) is 4.35. The van der Waals surface area contributed by atoms with Crippen molar-refractivity contribution in [3.8, 4) is 0 Å². The number of benzene rings is 2. The van der Waals surface area contributed by atoms with Crippen molar-refractivity contribution in [1.82, 2.24) is 0 Å². The zero-order valence-corrected chi connectivity index (χ0v) is 11.7. The van der Waals surface area contributed by atoms with Gasteiger partial charge in [-0.2, -0.15) is 0 Å². The van der Waals surface area contributed by atoms with Gasteiger partial charge in [0, 0.05) is 11.4 Å². The van der Waals surface area contributed by atoms with E-state index in [1.165, 1.54) is 22.3 Å². The highest BCUT2D eigenvalue weighted by molar-refractivity contribution is 5.50. The van der Waals surface area contributed by atoms with Gasteiger partial charge in [-0.05, 0) is 65.8 Å². The number of hydrogen-bond acceptors (Lipinski definition) is 2. The molecule has 0 fully saturated rings. The normalized spacial score (nSPS) is 10.6. The Balaban J connectivity index is 2.40. The molecule has 4 N–H and O–H groups in total. The van der Waals surface area contributed by atoms with Crippen LogP contribution in [0.2, 0.25) is 0 Å². The molecule has 2 aromatic carbocycles. The average molecular weight is 254 g/mol. The molecule has 0 amide bonds. The summed E-state index contributed by atoms with van der Waals surface area (Å²) >= 11 is 0. The summed E-state index contributed by atoms with van der Waals surface area (Å²) in [5.41, 5.74) is 18.8. The Kier molecular flexibility index (Phi) is 4.10. The second-order valence-corrected chi connectivity index (χ2v) is 4.94. The van der Waals surface area contributed by atoms with E-state index in [4.69, 9.17) is 11.5 Å². The van der Waals surface area contributed by atoms with Gasteiger partial charge in [-0.1, -0.05) is 26.0 Å². The lowest BCUT2D eigenvalue weighted by molar-refractivity contribution is 1.03. The molecule has 0 aliphatic carbocycles. The molecule has 0 aliphatic heterocycles. The van der Waals surface area contributed by atoms with Crippen LogP contribution < -0.4 is 11.5 Å². The van der Waals surface area contributed by atoms with Crippen LogP contribution in [-0.2, 0) is 19.3 Å². The smallest absolute Gasteiger partial charge is 0.0317 e. The molecular weight excluding hydrogens is 232 g/mol. The van der Waals surface area contributed by atoms with Crippen LogP contribution in [0, 0.1) is 0 Å². The van der Waals surface area contributed by atoms with E-state index in [2.05, 4.69) is 38.1 Å². The quantitative estimate of drug-likeness (QED) is 0.820. The van der Waals surface area contributed by atoms with Crippen molar-refractivity contribution in [2.75, 3.05) is 11.5 Å². The largest absolute Gasteiger partial charge is 0.399 e. The summed E-state index contributed by atoms with van der Waals surface area (Å²) in [5, 5.41) is 0. The zero-order valence-electron chi connectivity index (χ0n) is 11.7. The highest BCUT2D eigenvalue weighted by Gasteiger charge is 2.07. The maximum atomic E-state index is 5.91. The second kappa shape index (κ2) is 5.79. The van der Waals surface area contributed by atoms with Gasteiger partial charge in [-0.3, -0.25) is 0 Å². The van der Waals surface area contributed by atoms with Crippen molar-refractivity contribution in [1.29, 1.82) is 0 Å². The van der Waals surface area contributed by atoms with E-state index in [1.54, 1.807) is 0 Å². The van der Waals surface area contributed by atoms with Crippen LogP contribution >= 0.6 is 0 Å². The molecule has 0 radical (unpaired) electrons. The lowest BCUT2D eigenvalue weighted by Gasteiger charge is -2.13. The third kappa shape index (κ3) is 3.08. The van der Waals surface area contributed by atoms with Crippen LogP contribution in [0.15, 0.2) is 36.4 Å². The maximum Gasteiger partial charge on any atom is 0.0317 e. The van der Waals surface area contributed by atoms with Gasteiger partial charge >= 0.3 is 0 Å². The van der Waals surface area contributed by atoms with Crippen molar-refractivity contribution < 1.29 is 0 Å². The molecule has 100 valence electrons. The second-order valence-electron chi connectivity index (χ2n) is 4.94.